The van der Waals surface area contributed by atoms with Crippen LogP contribution in [0, 0.1) is 18.3 Å². The van der Waals surface area contributed by atoms with Crippen molar-refractivity contribution in [2.45, 2.75) is 6.92 Å². The first-order valence-electron chi connectivity index (χ1n) is 6.59. The fourth-order valence-corrected chi connectivity index (χ4v) is 2.29. The van der Waals surface area contributed by atoms with Crippen LogP contribution in [0.2, 0.25) is 0 Å². The zero-order chi connectivity index (χ0) is 14.8. The normalized spacial score (nSPS) is 10.3. The smallest absolute Gasteiger partial charge is 0.0992 e. The molecule has 0 bridgehead atoms. The number of anilines is 3. The SMILES string of the molecule is Cc1ccc(C#N)cc1Nc1ccc(N)c2ccncc12. The summed E-state index contributed by atoms with van der Waals surface area (Å²) in [5.74, 6) is 0. The summed E-state index contributed by atoms with van der Waals surface area (Å²) in [6, 6.07) is 13.4. The number of aromatic nitrogens is 1. The number of nitrogens with zero attached hydrogens (tertiary/aromatic N) is 2. The quantitative estimate of drug-likeness (QED) is 0.698. The number of nitrogen functional groups attached to an aromatic ring is 1. The summed E-state index contributed by atoms with van der Waals surface area (Å²) in [5, 5.41) is 14.3. The molecule has 0 atom stereocenters. The number of nitrogens with one attached hydrogen (secondary N) is 1. The summed E-state index contributed by atoms with van der Waals surface area (Å²) in [4.78, 5) is 4.16. The molecular formula is C17H14N4. The first kappa shape index (κ1) is 12.9. The molecule has 4 nitrogen and oxygen atoms in total. The molecule has 1 heterocycles. The second-order valence-electron chi connectivity index (χ2n) is 4.89. The van der Waals surface area contributed by atoms with Gasteiger partial charge in [0, 0.05) is 40.2 Å². The number of hydrogen-bond donors (Lipinski definition) is 2. The number of hydrogen-bond acceptors (Lipinski definition) is 4. The largest absolute Gasteiger partial charge is 0.398 e. The lowest BCUT2D eigenvalue weighted by atomic mass is 10.1. The Bertz CT molecular complexity index is 862. The Morgan fingerprint density at radius 2 is 1.95 bits per heavy atom. The maximum atomic E-state index is 9.02. The standard InChI is InChI=1S/C17H14N4/c1-11-2-3-12(9-18)8-17(11)21-16-5-4-15(19)13-6-7-20-10-14(13)16/h2-8,10,21H,19H2,1H3. The first-order valence-corrected chi connectivity index (χ1v) is 6.59. The van der Waals surface area contributed by atoms with Gasteiger partial charge in [0.1, 0.15) is 0 Å². The van der Waals surface area contributed by atoms with Crippen molar-refractivity contribution in [3.63, 3.8) is 0 Å². The molecule has 0 saturated carbocycles. The molecule has 3 rings (SSSR count). The van der Waals surface area contributed by atoms with E-state index in [0.717, 1.165) is 33.4 Å². The lowest BCUT2D eigenvalue weighted by Crippen LogP contribution is -1.97. The Morgan fingerprint density at radius 3 is 2.76 bits per heavy atom. The van der Waals surface area contributed by atoms with Gasteiger partial charge >= 0.3 is 0 Å². The van der Waals surface area contributed by atoms with Gasteiger partial charge in [-0.1, -0.05) is 6.07 Å². The molecule has 0 aliphatic heterocycles. The van der Waals surface area contributed by atoms with Crippen LogP contribution in [0.5, 0.6) is 0 Å². The number of nitrogens with two attached hydrogens (primary N) is 1. The number of fused-ring (bicyclic) bond motifs is 1. The monoisotopic (exact) mass is 274 g/mol. The van der Waals surface area contributed by atoms with E-state index < -0.39 is 0 Å². The number of pyridine rings is 1. The second-order valence-corrected chi connectivity index (χ2v) is 4.89. The Balaban J connectivity index is 2.11. The maximum Gasteiger partial charge on any atom is 0.0992 e. The van der Waals surface area contributed by atoms with Gasteiger partial charge in [0.25, 0.3) is 0 Å². The minimum atomic E-state index is 0.626. The number of rotatable bonds is 2. The Hall–Kier alpha value is -3.06. The molecule has 0 spiro atoms. The van der Waals surface area contributed by atoms with E-state index in [2.05, 4.69) is 16.4 Å². The highest BCUT2D eigenvalue weighted by Gasteiger charge is 2.06. The van der Waals surface area contributed by atoms with Crippen molar-refractivity contribution in [2.24, 2.45) is 0 Å². The lowest BCUT2D eigenvalue weighted by molar-refractivity contribution is 1.36. The molecule has 3 N–H and O–H groups in total. The molecule has 0 saturated heterocycles. The van der Waals surface area contributed by atoms with E-state index >= 15 is 0 Å². The lowest BCUT2D eigenvalue weighted by Gasteiger charge is -2.13. The Labute approximate surface area is 122 Å². The number of nitriles is 1. The van der Waals surface area contributed by atoms with E-state index in [4.69, 9.17) is 11.0 Å². The van der Waals surface area contributed by atoms with Crippen molar-refractivity contribution in [3.8, 4) is 6.07 Å². The van der Waals surface area contributed by atoms with Crippen LogP contribution < -0.4 is 11.1 Å². The van der Waals surface area contributed by atoms with E-state index in [-0.39, 0.29) is 0 Å². The van der Waals surface area contributed by atoms with Gasteiger partial charge in [-0.2, -0.15) is 5.26 Å². The summed E-state index contributed by atoms with van der Waals surface area (Å²) in [5.41, 5.74) is 10.2. The van der Waals surface area contributed by atoms with E-state index in [9.17, 15) is 0 Å². The fourth-order valence-electron chi connectivity index (χ4n) is 2.29. The van der Waals surface area contributed by atoms with Crippen molar-refractivity contribution >= 4 is 27.8 Å². The first-order chi connectivity index (χ1) is 10.2. The predicted molar refractivity (Wildman–Crippen MR) is 85.3 cm³/mol. The predicted octanol–water partition coefficient (Wildman–Crippen LogP) is 3.74. The van der Waals surface area contributed by atoms with Crippen LogP contribution in [0.3, 0.4) is 0 Å². The highest BCUT2D eigenvalue weighted by atomic mass is 14.9. The minimum Gasteiger partial charge on any atom is -0.398 e. The average Bonchev–Trinajstić information content (AvgIpc) is 2.52. The molecule has 0 radical (unpaired) electrons. The van der Waals surface area contributed by atoms with Crippen molar-refractivity contribution in [1.82, 2.24) is 4.98 Å². The molecular weight excluding hydrogens is 260 g/mol. The summed E-state index contributed by atoms with van der Waals surface area (Å²) < 4.78 is 0. The minimum absolute atomic E-state index is 0.626. The second kappa shape index (κ2) is 5.14. The summed E-state index contributed by atoms with van der Waals surface area (Å²) in [7, 11) is 0. The third-order valence-corrected chi connectivity index (χ3v) is 3.49. The van der Waals surface area contributed by atoms with E-state index in [1.165, 1.54) is 0 Å². The summed E-state index contributed by atoms with van der Waals surface area (Å²) >= 11 is 0. The third-order valence-electron chi connectivity index (χ3n) is 3.49. The zero-order valence-corrected chi connectivity index (χ0v) is 11.6. The van der Waals surface area contributed by atoms with Crippen molar-refractivity contribution < 1.29 is 0 Å². The van der Waals surface area contributed by atoms with Crippen LogP contribution in [-0.4, -0.2) is 4.98 Å². The molecule has 102 valence electrons. The molecule has 0 aliphatic carbocycles. The fraction of sp³-hybridized carbons (Fsp3) is 0.0588. The highest BCUT2D eigenvalue weighted by molar-refractivity contribution is 6.01. The van der Waals surface area contributed by atoms with Gasteiger partial charge in [0.05, 0.1) is 11.6 Å². The van der Waals surface area contributed by atoms with Gasteiger partial charge < -0.3 is 11.1 Å². The molecule has 3 aromatic rings. The van der Waals surface area contributed by atoms with Crippen LogP contribution in [-0.2, 0) is 0 Å². The van der Waals surface area contributed by atoms with Crippen LogP contribution in [0.15, 0.2) is 48.8 Å². The van der Waals surface area contributed by atoms with Gasteiger partial charge in [0.2, 0.25) is 0 Å². The topological polar surface area (TPSA) is 74.7 Å². The van der Waals surface area contributed by atoms with Gasteiger partial charge in [-0.25, -0.2) is 0 Å². The van der Waals surface area contributed by atoms with E-state index in [1.807, 2.05) is 43.3 Å². The van der Waals surface area contributed by atoms with Crippen LogP contribution in [0.1, 0.15) is 11.1 Å². The van der Waals surface area contributed by atoms with Crippen molar-refractivity contribution in [2.75, 3.05) is 11.1 Å². The van der Waals surface area contributed by atoms with Crippen LogP contribution >= 0.6 is 0 Å². The molecule has 0 aliphatic rings. The zero-order valence-electron chi connectivity index (χ0n) is 11.6. The van der Waals surface area contributed by atoms with Gasteiger partial charge in [-0.3, -0.25) is 4.98 Å². The molecule has 4 heteroatoms. The summed E-state index contributed by atoms with van der Waals surface area (Å²) in [6.07, 6.45) is 3.52. The van der Waals surface area contributed by atoms with Crippen LogP contribution in [0.4, 0.5) is 17.1 Å². The Kier molecular flexibility index (Phi) is 3.17. The highest BCUT2D eigenvalue weighted by Crippen LogP contribution is 2.30. The molecule has 2 aromatic carbocycles. The molecule has 0 unspecified atom stereocenters. The maximum absolute atomic E-state index is 9.02. The number of benzene rings is 2. The average molecular weight is 274 g/mol. The van der Waals surface area contributed by atoms with Gasteiger partial charge in [-0.05, 0) is 42.8 Å². The van der Waals surface area contributed by atoms with Gasteiger partial charge in [0.15, 0.2) is 0 Å². The molecule has 0 amide bonds. The van der Waals surface area contributed by atoms with Crippen molar-refractivity contribution in [1.29, 1.82) is 5.26 Å². The van der Waals surface area contributed by atoms with E-state index in [0.29, 0.717) is 5.56 Å². The molecule has 0 fully saturated rings. The third kappa shape index (κ3) is 2.37. The Morgan fingerprint density at radius 1 is 1.10 bits per heavy atom. The van der Waals surface area contributed by atoms with E-state index in [1.54, 1.807) is 12.4 Å². The molecule has 1 aromatic heterocycles. The van der Waals surface area contributed by atoms with Gasteiger partial charge in [-0.15, -0.1) is 0 Å². The molecule has 21 heavy (non-hydrogen) atoms. The van der Waals surface area contributed by atoms with Crippen molar-refractivity contribution in [3.05, 3.63) is 59.9 Å². The van der Waals surface area contributed by atoms with Crippen LogP contribution in [0.25, 0.3) is 10.8 Å². The summed E-state index contributed by atoms with van der Waals surface area (Å²) in [6.45, 7) is 2.00. The number of aryl methyl sites for hydroxylation is 1.